The molecule has 0 aliphatic heterocycles. The number of carbonyl (C=O) groups excluding carboxylic acids is 1. The van der Waals surface area contributed by atoms with Crippen LogP contribution in [-0.2, 0) is 16.0 Å². The van der Waals surface area contributed by atoms with Crippen LogP contribution in [0.3, 0.4) is 0 Å². The Morgan fingerprint density at radius 1 is 1.00 bits per heavy atom. The standard InChI is InChI=1S/C30H38N4O3/c1-21-26(19-24-15-11-9-12-16-24)32-28(37-25-17-13-10-14-18-25)22(2)27(21)34(7)30(4,29(35)36-8)20-33(6)23(3)31-5/h9-18H,19-20H2,1-8H3. The van der Waals surface area contributed by atoms with Crippen LogP contribution in [0.5, 0.6) is 11.6 Å². The van der Waals surface area contributed by atoms with Crippen LogP contribution < -0.4 is 9.64 Å². The van der Waals surface area contributed by atoms with E-state index in [1.165, 1.54) is 7.11 Å². The Morgan fingerprint density at radius 2 is 1.59 bits per heavy atom. The first-order chi connectivity index (χ1) is 17.6. The van der Waals surface area contributed by atoms with E-state index in [0.717, 1.165) is 33.9 Å². The molecule has 2 aromatic carbocycles. The molecule has 3 aromatic rings. The van der Waals surface area contributed by atoms with E-state index in [2.05, 4.69) is 24.0 Å². The number of carbonyl (C=O) groups is 1. The number of rotatable bonds is 9. The molecule has 0 aliphatic rings. The van der Waals surface area contributed by atoms with Crippen molar-refractivity contribution >= 4 is 17.5 Å². The predicted molar refractivity (Wildman–Crippen MR) is 150 cm³/mol. The fourth-order valence-electron chi connectivity index (χ4n) is 4.49. The molecular weight excluding hydrogens is 464 g/mol. The van der Waals surface area contributed by atoms with Crippen molar-refractivity contribution < 1.29 is 14.3 Å². The maximum atomic E-state index is 13.3. The first-order valence-electron chi connectivity index (χ1n) is 12.4. The molecular formula is C30H38N4O3. The lowest BCUT2D eigenvalue weighted by molar-refractivity contribution is -0.146. The Kier molecular flexibility index (Phi) is 8.92. The summed E-state index contributed by atoms with van der Waals surface area (Å²) in [5, 5.41) is 0. The summed E-state index contributed by atoms with van der Waals surface area (Å²) in [6.45, 7) is 8.23. The molecule has 0 fully saturated rings. The molecule has 0 aliphatic carbocycles. The number of anilines is 1. The number of para-hydroxylation sites is 1. The van der Waals surface area contributed by atoms with Crippen LogP contribution in [0.15, 0.2) is 65.7 Å². The number of hydrogen-bond donors (Lipinski definition) is 0. The number of hydrogen-bond acceptors (Lipinski definition) is 6. The Morgan fingerprint density at radius 3 is 2.16 bits per heavy atom. The van der Waals surface area contributed by atoms with E-state index in [9.17, 15) is 4.79 Å². The minimum Gasteiger partial charge on any atom is -0.467 e. The number of aliphatic imine (C=N–C) groups is 1. The molecule has 1 aromatic heterocycles. The van der Waals surface area contributed by atoms with E-state index < -0.39 is 5.54 Å². The molecule has 0 saturated carbocycles. The van der Waals surface area contributed by atoms with Gasteiger partial charge in [-0.05, 0) is 51.0 Å². The van der Waals surface area contributed by atoms with Gasteiger partial charge in [0.15, 0.2) is 5.54 Å². The minimum absolute atomic E-state index is 0.337. The molecule has 0 N–H and O–H groups in total. The lowest BCUT2D eigenvalue weighted by Gasteiger charge is -2.42. The summed E-state index contributed by atoms with van der Waals surface area (Å²) in [7, 11) is 7.02. The summed E-state index contributed by atoms with van der Waals surface area (Å²) in [4.78, 5) is 26.5. The van der Waals surface area contributed by atoms with E-state index in [1.54, 1.807) is 7.05 Å². The highest BCUT2D eigenvalue weighted by molar-refractivity contribution is 5.88. The number of methoxy groups -OCH3 is 1. The fraction of sp³-hybridized carbons (Fsp3) is 0.367. The van der Waals surface area contributed by atoms with Crippen LogP contribution in [0, 0.1) is 13.8 Å². The molecule has 37 heavy (non-hydrogen) atoms. The normalized spacial score (nSPS) is 13.0. The molecule has 3 rings (SSSR count). The van der Waals surface area contributed by atoms with Crippen molar-refractivity contribution in [2.75, 3.05) is 39.7 Å². The zero-order valence-electron chi connectivity index (χ0n) is 23.2. The maximum absolute atomic E-state index is 13.3. The third-order valence-corrected chi connectivity index (χ3v) is 6.99. The SMILES string of the molecule is CN=C(C)N(C)CC(C)(C(=O)OC)N(C)c1c(C)c(Cc2ccccc2)nc(Oc2ccccc2)c1C. The number of pyridine rings is 1. The van der Waals surface area contributed by atoms with Gasteiger partial charge in [0.2, 0.25) is 5.88 Å². The molecule has 0 amide bonds. The van der Waals surface area contributed by atoms with Crippen molar-refractivity contribution in [3.63, 3.8) is 0 Å². The second kappa shape index (κ2) is 11.9. The van der Waals surface area contributed by atoms with Crippen LogP contribution in [-0.4, -0.2) is 62.0 Å². The second-order valence-corrected chi connectivity index (χ2v) is 9.49. The molecule has 0 saturated heterocycles. The van der Waals surface area contributed by atoms with Crippen molar-refractivity contribution in [1.82, 2.24) is 9.88 Å². The topological polar surface area (TPSA) is 67.3 Å². The summed E-state index contributed by atoms with van der Waals surface area (Å²) in [6.07, 6.45) is 0.634. The second-order valence-electron chi connectivity index (χ2n) is 9.49. The summed E-state index contributed by atoms with van der Waals surface area (Å²) in [5.74, 6) is 1.70. The number of likely N-dealkylation sites (N-methyl/N-ethyl adjacent to an activating group) is 2. The summed E-state index contributed by atoms with van der Waals surface area (Å²) in [6, 6.07) is 19.8. The van der Waals surface area contributed by atoms with E-state index >= 15 is 0 Å². The van der Waals surface area contributed by atoms with Crippen molar-refractivity contribution in [1.29, 1.82) is 0 Å². The Bertz CT molecular complexity index is 1180. The fourth-order valence-corrected chi connectivity index (χ4v) is 4.49. The van der Waals surface area contributed by atoms with E-state index in [4.69, 9.17) is 14.5 Å². The van der Waals surface area contributed by atoms with E-state index in [0.29, 0.717) is 24.6 Å². The number of aromatic nitrogens is 1. The monoisotopic (exact) mass is 502 g/mol. The van der Waals surface area contributed by atoms with Gasteiger partial charge >= 0.3 is 5.97 Å². The molecule has 1 heterocycles. The zero-order valence-corrected chi connectivity index (χ0v) is 23.2. The van der Waals surface area contributed by atoms with Gasteiger partial charge in [-0.3, -0.25) is 4.99 Å². The zero-order chi connectivity index (χ0) is 27.2. The predicted octanol–water partition coefficient (Wildman–Crippen LogP) is 5.43. The van der Waals surface area contributed by atoms with Crippen LogP contribution >= 0.6 is 0 Å². The lowest BCUT2D eigenvalue weighted by Crippen LogP contribution is -2.58. The lowest BCUT2D eigenvalue weighted by atomic mass is 9.95. The molecule has 0 spiro atoms. The molecule has 1 unspecified atom stereocenters. The van der Waals surface area contributed by atoms with Crippen molar-refractivity contribution in [3.8, 4) is 11.6 Å². The highest BCUT2D eigenvalue weighted by atomic mass is 16.5. The number of amidine groups is 1. The molecule has 7 heteroatoms. The highest BCUT2D eigenvalue weighted by Crippen LogP contribution is 2.38. The third-order valence-electron chi connectivity index (χ3n) is 6.99. The van der Waals surface area contributed by atoms with Crippen LogP contribution in [0.25, 0.3) is 0 Å². The average molecular weight is 503 g/mol. The van der Waals surface area contributed by atoms with Gasteiger partial charge in [-0.15, -0.1) is 0 Å². The summed E-state index contributed by atoms with van der Waals surface area (Å²) in [5.41, 5.74) is 3.74. The van der Waals surface area contributed by atoms with Gasteiger partial charge in [-0.2, -0.15) is 0 Å². The maximum Gasteiger partial charge on any atom is 0.333 e. The van der Waals surface area contributed by atoms with Crippen molar-refractivity contribution in [2.45, 2.75) is 39.7 Å². The number of esters is 1. The van der Waals surface area contributed by atoms with Crippen molar-refractivity contribution in [3.05, 3.63) is 83.0 Å². The van der Waals surface area contributed by atoms with Gasteiger partial charge in [0.1, 0.15) is 5.75 Å². The largest absolute Gasteiger partial charge is 0.467 e. The first-order valence-corrected chi connectivity index (χ1v) is 12.4. The minimum atomic E-state index is -1.01. The average Bonchev–Trinajstić information content (AvgIpc) is 2.91. The Balaban J connectivity index is 2.18. The summed E-state index contributed by atoms with van der Waals surface area (Å²) < 4.78 is 11.6. The molecule has 1 atom stereocenters. The number of ether oxygens (including phenoxy) is 2. The van der Waals surface area contributed by atoms with Crippen LogP contribution in [0.4, 0.5) is 5.69 Å². The van der Waals surface area contributed by atoms with Crippen LogP contribution in [0.1, 0.15) is 36.2 Å². The van der Waals surface area contributed by atoms with Gasteiger partial charge in [0.05, 0.1) is 30.9 Å². The smallest absolute Gasteiger partial charge is 0.333 e. The number of nitrogens with zero attached hydrogens (tertiary/aromatic N) is 4. The summed E-state index contributed by atoms with van der Waals surface area (Å²) >= 11 is 0. The number of benzene rings is 2. The van der Waals surface area contributed by atoms with E-state index in [-0.39, 0.29) is 5.97 Å². The Hall–Kier alpha value is -3.87. The molecule has 7 nitrogen and oxygen atoms in total. The quantitative estimate of drug-likeness (QED) is 0.221. The molecule has 196 valence electrons. The Labute approximate surface area is 220 Å². The molecule has 0 bridgehead atoms. The first kappa shape index (κ1) is 27.7. The van der Waals surface area contributed by atoms with Gasteiger partial charge in [-0.25, -0.2) is 9.78 Å². The van der Waals surface area contributed by atoms with Crippen LogP contribution in [0.2, 0.25) is 0 Å². The molecule has 0 radical (unpaired) electrons. The highest BCUT2D eigenvalue weighted by Gasteiger charge is 2.42. The van der Waals surface area contributed by atoms with E-state index in [1.807, 2.05) is 93.2 Å². The third kappa shape index (κ3) is 6.10. The van der Waals surface area contributed by atoms with Gasteiger partial charge < -0.3 is 19.3 Å². The van der Waals surface area contributed by atoms with Crippen molar-refractivity contribution in [2.24, 2.45) is 4.99 Å². The van der Waals surface area contributed by atoms with Gasteiger partial charge in [0, 0.05) is 33.1 Å². The van der Waals surface area contributed by atoms with Gasteiger partial charge in [0.25, 0.3) is 0 Å². The van der Waals surface area contributed by atoms with Gasteiger partial charge in [-0.1, -0.05) is 48.5 Å².